The molecule has 19 nitrogen and oxygen atoms in total. The van der Waals surface area contributed by atoms with Crippen LogP contribution in [0.15, 0.2) is 36.7 Å². The summed E-state index contributed by atoms with van der Waals surface area (Å²) in [5, 5.41) is 18.9. The molecule has 2 saturated carbocycles. The third kappa shape index (κ3) is 19.1. The number of ether oxygens (including phenoxy) is 6. The number of carbonyl (C=O) groups excluding carboxylic acids is 3. The molecule has 0 unspecified atom stereocenters. The van der Waals surface area contributed by atoms with Crippen LogP contribution in [0, 0.1) is 35.3 Å². The molecule has 0 bridgehead atoms. The Bertz CT molecular complexity index is 2830. The van der Waals surface area contributed by atoms with Crippen LogP contribution in [0.5, 0.6) is 17.4 Å². The number of carboxylic acids is 1. The van der Waals surface area contributed by atoms with E-state index < -0.39 is 99.1 Å². The summed E-state index contributed by atoms with van der Waals surface area (Å²) in [7, 11) is 8.54. The van der Waals surface area contributed by atoms with E-state index in [0.29, 0.717) is 50.0 Å². The molecule has 2 fully saturated rings. The third-order valence-electron chi connectivity index (χ3n) is 13.8. The molecular formula is C55H69Cl2F8N7O12. The Morgan fingerprint density at radius 3 is 1.54 bits per heavy atom. The maximum atomic E-state index is 15.7. The molecule has 2 amide bonds. The molecule has 2 N–H and O–H groups in total. The van der Waals surface area contributed by atoms with Crippen molar-refractivity contribution in [2.24, 2.45) is 23.7 Å². The van der Waals surface area contributed by atoms with E-state index in [1.54, 1.807) is 7.05 Å². The number of hydrogen-bond acceptors (Lipinski definition) is 16. The summed E-state index contributed by atoms with van der Waals surface area (Å²) in [4.78, 5) is 70.2. The average Bonchev–Trinajstić information content (AvgIpc) is 1.64. The fourth-order valence-electron chi connectivity index (χ4n) is 9.46. The zero-order valence-corrected chi connectivity index (χ0v) is 49.2. The minimum atomic E-state index is -4.95. The molecule has 466 valence electrons. The second-order valence-electron chi connectivity index (χ2n) is 20.1. The molecule has 29 heteroatoms. The van der Waals surface area contributed by atoms with Crippen LogP contribution in [0.2, 0.25) is 10.4 Å². The molecule has 0 radical (unpaired) electrons. The van der Waals surface area contributed by atoms with Crippen LogP contribution in [-0.4, -0.2) is 142 Å². The first-order chi connectivity index (χ1) is 39.6. The summed E-state index contributed by atoms with van der Waals surface area (Å²) in [6.45, 7) is 6.68. The van der Waals surface area contributed by atoms with Gasteiger partial charge in [-0.05, 0) is 87.3 Å². The second kappa shape index (κ2) is 32.3. The van der Waals surface area contributed by atoms with Gasteiger partial charge in [0.25, 0.3) is 0 Å². The summed E-state index contributed by atoms with van der Waals surface area (Å²) in [5.74, 6) is -7.40. The fraction of sp³-hybridized carbons (Fsp3) is 0.564. The Morgan fingerprint density at radius 1 is 0.667 bits per heavy atom. The number of carboxylic acid groups (broad SMARTS) is 1. The molecule has 2 aromatic carbocycles. The van der Waals surface area contributed by atoms with Crippen molar-refractivity contribution >= 4 is 64.3 Å². The smallest absolute Gasteiger partial charge is 0.423 e. The number of amides is 2. The van der Waals surface area contributed by atoms with Crippen molar-refractivity contribution in [1.82, 2.24) is 19.9 Å². The number of phenols is 1. The molecular weight excluding hydrogens is 1170 g/mol. The van der Waals surface area contributed by atoms with E-state index in [0.717, 1.165) is 62.8 Å². The Balaban J connectivity index is 0.000000315. The number of hydrogen-bond donors (Lipinski definition) is 2. The van der Waals surface area contributed by atoms with Gasteiger partial charge in [0.2, 0.25) is 28.9 Å². The highest BCUT2D eigenvalue weighted by molar-refractivity contribution is 6.32. The maximum Gasteiger partial charge on any atom is 0.423 e. The van der Waals surface area contributed by atoms with Crippen molar-refractivity contribution in [2.45, 2.75) is 103 Å². The minimum absolute atomic E-state index is 0.0369. The van der Waals surface area contributed by atoms with E-state index in [1.807, 2.05) is 6.92 Å². The number of anilines is 3. The van der Waals surface area contributed by atoms with Gasteiger partial charge in [0, 0.05) is 84.5 Å². The fourth-order valence-corrected chi connectivity index (χ4v) is 9.87. The Morgan fingerprint density at radius 2 is 1.12 bits per heavy atom. The van der Waals surface area contributed by atoms with Crippen LogP contribution in [0.4, 0.5) is 52.4 Å². The van der Waals surface area contributed by atoms with Gasteiger partial charge in [-0.1, -0.05) is 32.4 Å². The molecule has 2 aliphatic carbocycles. The first-order valence-corrected chi connectivity index (χ1v) is 27.2. The van der Waals surface area contributed by atoms with Gasteiger partial charge in [0.1, 0.15) is 16.3 Å². The van der Waals surface area contributed by atoms with E-state index in [9.17, 15) is 60.1 Å². The van der Waals surface area contributed by atoms with Crippen molar-refractivity contribution in [1.29, 1.82) is 0 Å². The highest BCUT2D eigenvalue weighted by atomic mass is 35.5. The van der Waals surface area contributed by atoms with E-state index in [1.165, 1.54) is 50.2 Å². The first kappa shape index (κ1) is 70.2. The van der Waals surface area contributed by atoms with Crippen molar-refractivity contribution < 1.29 is 92.9 Å². The molecule has 2 aliphatic rings. The number of rotatable bonds is 21. The molecule has 0 spiro atoms. The van der Waals surface area contributed by atoms with E-state index in [2.05, 4.69) is 33.8 Å². The molecule has 2 aromatic heterocycles. The zero-order valence-electron chi connectivity index (χ0n) is 47.7. The summed E-state index contributed by atoms with van der Waals surface area (Å²) in [5.41, 5.74) is -3.37. The molecule has 4 aromatic rings. The van der Waals surface area contributed by atoms with Crippen LogP contribution >= 0.6 is 23.2 Å². The SMILES string of the molecule is CCCN(C)c1ncc(C(F)(F)F)c(Oc2cc(C(=O)O)c(N(C(=O)C3CCC(C)CC3)C(COC)COC)cc2F)n1.COCC(COC)N(C(=O)C1CCC(C)CC1)c1cc(F)c(O)cc1C(=O)OC.FC(F)(F)c1cnc(Cl)nc1Cl. The lowest BCUT2D eigenvalue weighted by Crippen LogP contribution is -2.49. The van der Waals surface area contributed by atoms with Crippen molar-refractivity contribution in [3.05, 3.63) is 81.0 Å². The number of carbonyl (C=O) groups is 4. The quantitative estimate of drug-likeness (QED) is 0.0342. The number of nitrogens with zero attached hydrogens (tertiary/aromatic N) is 7. The lowest BCUT2D eigenvalue weighted by Gasteiger charge is -2.36. The highest BCUT2D eigenvalue weighted by Gasteiger charge is 2.40. The molecule has 0 atom stereocenters. The first-order valence-electron chi connectivity index (χ1n) is 26.4. The van der Waals surface area contributed by atoms with Crippen LogP contribution in [0.1, 0.15) is 110 Å². The largest absolute Gasteiger partial charge is 0.505 e. The van der Waals surface area contributed by atoms with Crippen molar-refractivity contribution in [3.63, 3.8) is 0 Å². The number of esters is 1. The van der Waals surface area contributed by atoms with Gasteiger partial charge >= 0.3 is 24.3 Å². The number of halogens is 10. The molecule has 0 saturated heterocycles. The molecule has 84 heavy (non-hydrogen) atoms. The summed E-state index contributed by atoms with van der Waals surface area (Å²) >= 11 is 10.4. The predicted molar refractivity (Wildman–Crippen MR) is 293 cm³/mol. The topological polar surface area (TPSA) is 225 Å². The van der Waals surface area contributed by atoms with Crippen LogP contribution in [-0.2, 0) is 45.6 Å². The Kier molecular flexibility index (Phi) is 27.0. The van der Waals surface area contributed by atoms with Crippen LogP contribution < -0.4 is 19.4 Å². The number of aromatic nitrogens is 4. The number of phenolic OH excluding ortho intramolecular Hbond substituents is 1. The lowest BCUT2D eigenvalue weighted by atomic mass is 9.82. The summed E-state index contributed by atoms with van der Waals surface area (Å²) < 4.78 is 138. The normalized spacial score (nSPS) is 17.1. The molecule has 6 rings (SSSR count). The van der Waals surface area contributed by atoms with Gasteiger partial charge in [-0.15, -0.1) is 0 Å². The van der Waals surface area contributed by atoms with Gasteiger partial charge in [-0.2, -0.15) is 31.3 Å². The number of benzene rings is 2. The summed E-state index contributed by atoms with van der Waals surface area (Å²) in [6.07, 6.45) is -1.74. The number of methoxy groups -OCH3 is 5. The molecule has 0 aliphatic heterocycles. The second-order valence-corrected chi connectivity index (χ2v) is 20.8. The molecule has 2 heterocycles. The zero-order chi connectivity index (χ0) is 62.8. The van der Waals surface area contributed by atoms with Gasteiger partial charge in [0.15, 0.2) is 23.1 Å². The lowest BCUT2D eigenvalue weighted by molar-refractivity contribution is -0.139. The van der Waals surface area contributed by atoms with Gasteiger partial charge < -0.3 is 53.3 Å². The highest BCUT2D eigenvalue weighted by Crippen LogP contribution is 2.42. The van der Waals surface area contributed by atoms with Gasteiger partial charge in [0.05, 0.1) is 68.1 Å². The van der Waals surface area contributed by atoms with Crippen LogP contribution in [0.25, 0.3) is 0 Å². The van der Waals surface area contributed by atoms with E-state index in [4.69, 9.17) is 51.6 Å². The van der Waals surface area contributed by atoms with Crippen LogP contribution in [0.3, 0.4) is 0 Å². The van der Waals surface area contributed by atoms with Gasteiger partial charge in [-0.25, -0.2) is 33.3 Å². The Hall–Kier alpha value is -6.26. The van der Waals surface area contributed by atoms with Crippen molar-refractivity contribution in [3.8, 4) is 17.4 Å². The van der Waals surface area contributed by atoms with E-state index >= 15 is 4.39 Å². The number of aromatic hydroxyl groups is 1. The predicted octanol–water partition coefficient (Wildman–Crippen LogP) is 11.7. The van der Waals surface area contributed by atoms with Crippen molar-refractivity contribution in [2.75, 3.05) is 90.3 Å². The monoisotopic (exact) mass is 1240 g/mol. The number of aromatic carboxylic acids is 1. The third-order valence-corrected chi connectivity index (χ3v) is 14.3. The Labute approximate surface area is 490 Å². The maximum absolute atomic E-state index is 15.7. The standard InChI is InChI=1S/C29H38F4N4O6.C21H30FNO6.C5HCl2F3N2/c1-6-11-36(3)28-34-14-21(29(31,32)33)25(35-28)43-24-12-20(27(39)40)23(13-22(24)30)37(19(15-41-4)16-42-5)26(38)18-9-7-17(2)8-10-18;1-13-5-7-14(8-6-13)20(25)23(15(11-27-2)12-28-3)18-10-17(22)19(24)9-16(18)21(26)29-4;6-3-2(5(8,9)10)1-11-4(7)12-3/h12-14,17-19H,6-11,15-16H2,1-5H3,(H,39,40);9-10,13-15,24H,5-8,11-12H2,1-4H3;1H. The minimum Gasteiger partial charge on any atom is -0.505 e. The average molecular weight is 1240 g/mol. The summed E-state index contributed by atoms with van der Waals surface area (Å²) in [6, 6.07) is 2.11. The number of alkyl halides is 6. The van der Waals surface area contributed by atoms with Gasteiger partial charge in [-0.3, -0.25) is 9.59 Å². The van der Waals surface area contributed by atoms with E-state index in [-0.39, 0.29) is 66.4 Å².